The van der Waals surface area contributed by atoms with Crippen LogP contribution in [-0.2, 0) is 14.8 Å². The lowest BCUT2D eigenvalue weighted by atomic mass is 10.1. The van der Waals surface area contributed by atoms with E-state index in [1.807, 2.05) is 0 Å². The van der Waals surface area contributed by atoms with Crippen molar-refractivity contribution in [2.45, 2.75) is 26.3 Å². The molecule has 0 saturated heterocycles. The highest BCUT2D eigenvalue weighted by atomic mass is 35.5. The highest BCUT2D eigenvalue weighted by molar-refractivity contribution is 7.88. The van der Waals surface area contributed by atoms with Gasteiger partial charge in [-0.3, -0.25) is 4.79 Å². The minimum absolute atomic E-state index is 0.285. The van der Waals surface area contributed by atoms with Crippen LogP contribution in [0.15, 0.2) is 18.2 Å². The maximum Gasteiger partial charge on any atom is 0.239 e. The van der Waals surface area contributed by atoms with Gasteiger partial charge in [-0.2, -0.15) is 4.31 Å². The van der Waals surface area contributed by atoms with E-state index in [0.717, 1.165) is 10.6 Å². The van der Waals surface area contributed by atoms with Gasteiger partial charge in [-0.05, 0) is 39.0 Å². The van der Waals surface area contributed by atoms with Gasteiger partial charge in [-0.25, -0.2) is 8.42 Å². The molecule has 0 radical (unpaired) electrons. The van der Waals surface area contributed by atoms with Crippen LogP contribution in [0.25, 0.3) is 0 Å². The number of carbonyl (C=O) groups excluding carboxylic acids is 1. The average molecular weight is 353 g/mol. The van der Waals surface area contributed by atoms with Gasteiger partial charge in [0, 0.05) is 21.3 Å². The molecule has 0 spiro atoms. The first-order valence-corrected chi connectivity index (χ1v) is 8.74. The molecule has 5 nitrogen and oxygen atoms in total. The Kier molecular flexibility index (Phi) is 5.66. The fourth-order valence-electron chi connectivity index (χ4n) is 1.81. The van der Waals surface area contributed by atoms with Crippen LogP contribution in [0.2, 0.25) is 10.0 Å². The molecule has 0 saturated carbocycles. The first-order chi connectivity index (χ1) is 9.39. The summed E-state index contributed by atoms with van der Waals surface area (Å²) < 4.78 is 24.7. The van der Waals surface area contributed by atoms with E-state index in [9.17, 15) is 13.2 Å². The number of benzene rings is 1. The largest absolute Gasteiger partial charge is 0.325 e. The van der Waals surface area contributed by atoms with Gasteiger partial charge >= 0.3 is 0 Å². The first kappa shape index (κ1) is 18.2. The molecule has 0 unspecified atom stereocenters. The Hall–Kier alpha value is -0.820. The molecule has 0 heterocycles. The van der Waals surface area contributed by atoms with Crippen molar-refractivity contribution < 1.29 is 13.2 Å². The molecule has 1 rings (SSSR count). The maximum atomic E-state index is 12.0. The van der Waals surface area contributed by atoms with E-state index in [-0.39, 0.29) is 6.54 Å². The van der Waals surface area contributed by atoms with E-state index in [2.05, 4.69) is 5.32 Å². The van der Waals surface area contributed by atoms with Crippen molar-refractivity contribution in [2.75, 3.05) is 18.1 Å². The van der Waals surface area contributed by atoms with Crippen LogP contribution in [0.5, 0.6) is 0 Å². The summed E-state index contributed by atoms with van der Waals surface area (Å²) in [6.45, 7) is 4.87. The van der Waals surface area contributed by atoms with Crippen LogP contribution in [0.1, 0.15) is 20.8 Å². The Morgan fingerprint density at radius 2 is 1.67 bits per heavy atom. The first-order valence-electron chi connectivity index (χ1n) is 6.13. The normalized spacial score (nSPS) is 12.5. The van der Waals surface area contributed by atoms with Gasteiger partial charge in [-0.15, -0.1) is 0 Å². The SMILES string of the molecule is CC(C)(C)N(CC(=O)Nc1cc(Cl)cc(Cl)c1)S(C)(=O)=O. The van der Waals surface area contributed by atoms with E-state index >= 15 is 0 Å². The average Bonchev–Trinajstić information content (AvgIpc) is 2.21. The molecule has 8 heteroatoms. The maximum absolute atomic E-state index is 12.0. The molecule has 1 aromatic carbocycles. The standard InChI is InChI=1S/C13H18Cl2N2O3S/c1-13(2,3)17(21(4,19)20)8-12(18)16-11-6-9(14)5-10(15)7-11/h5-7H,8H2,1-4H3,(H,16,18). The predicted molar refractivity (Wildman–Crippen MR) is 86.4 cm³/mol. The number of sulfonamides is 1. The zero-order valence-corrected chi connectivity index (χ0v) is 14.6. The van der Waals surface area contributed by atoms with Gasteiger partial charge in [0.25, 0.3) is 0 Å². The van der Waals surface area contributed by atoms with E-state index in [0.29, 0.717) is 15.7 Å². The number of anilines is 1. The number of hydrogen-bond donors (Lipinski definition) is 1. The summed E-state index contributed by atoms with van der Waals surface area (Å²) in [4.78, 5) is 12.0. The summed E-state index contributed by atoms with van der Waals surface area (Å²) in [6.07, 6.45) is 1.07. The molecule has 0 aliphatic rings. The summed E-state index contributed by atoms with van der Waals surface area (Å²) in [5, 5.41) is 3.35. The lowest BCUT2D eigenvalue weighted by Gasteiger charge is -2.32. The quantitative estimate of drug-likeness (QED) is 0.905. The molecule has 0 aromatic heterocycles. The molecule has 1 N–H and O–H groups in total. The summed E-state index contributed by atoms with van der Waals surface area (Å²) in [5.74, 6) is -0.464. The minimum Gasteiger partial charge on any atom is -0.325 e. The zero-order valence-electron chi connectivity index (χ0n) is 12.3. The summed E-state index contributed by atoms with van der Waals surface area (Å²) in [7, 11) is -3.51. The second-order valence-electron chi connectivity index (χ2n) is 5.65. The number of nitrogens with one attached hydrogen (secondary N) is 1. The van der Waals surface area contributed by atoms with Crippen molar-refractivity contribution in [1.82, 2.24) is 4.31 Å². The molecule has 21 heavy (non-hydrogen) atoms. The van der Waals surface area contributed by atoms with Crippen LogP contribution in [0, 0.1) is 0 Å². The molecule has 0 aliphatic carbocycles. The van der Waals surface area contributed by atoms with Crippen LogP contribution < -0.4 is 5.32 Å². The van der Waals surface area contributed by atoms with Gasteiger partial charge < -0.3 is 5.32 Å². The van der Waals surface area contributed by atoms with Crippen LogP contribution in [0.4, 0.5) is 5.69 Å². The fourth-order valence-corrected chi connectivity index (χ4v) is 3.68. The predicted octanol–water partition coefficient (Wildman–Crippen LogP) is 2.99. The molecule has 1 aromatic rings. The van der Waals surface area contributed by atoms with Crippen LogP contribution >= 0.6 is 23.2 Å². The third-order valence-electron chi connectivity index (χ3n) is 2.58. The Morgan fingerprint density at radius 1 is 1.19 bits per heavy atom. The zero-order chi connectivity index (χ0) is 16.4. The Bertz CT molecular complexity index is 619. The number of amides is 1. The molecule has 0 atom stereocenters. The van der Waals surface area contributed by atoms with Gasteiger partial charge in [0.15, 0.2) is 0 Å². The smallest absolute Gasteiger partial charge is 0.239 e. The fraction of sp³-hybridized carbons (Fsp3) is 0.462. The lowest BCUT2D eigenvalue weighted by Crippen LogP contribution is -2.48. The third-order valence-corrected chi connectivity index (χ3v) is 4.50. The summed E-state index contributed by atoms with van der Waals surface area (Å²) in [5.41, 5.74) is -0.281. The van der Waals surface area contributed by atoms with E-state index < -0.39 is 21.5 Å². The van der Waals surface area contributed by atoms with Gasteiger partial charge in [0.1, 0.15) is 0 Å². The van der Waals surface area contributed by atoms with Gasteiger partial charge in [0.2, 0.25) is 15.9 Å². The highest BCUT2D eigenvalue weighted by Crippen LogP contribution is 2.23. The Morgan fingerprint density at radius 3 is 2.05 bits per heavy atom. The monoisotopic (exact) mass is 352 g/mol. The van der Waals surface area contributed by atoms with Crippen molar-refractivity contribution in [2.24, 2.45) is 0 Å². The minimum atomic E-state index is -3.51. The van der Waals surface area contributed by atoms with Crippen molar-refractivity contribution in [3.8, 4) is 0 Å². The summed E-state index contributed by atoms with van der Waals surface area (Å²) >= 11 is 11.7. The summed E-state index contributed by atoms with van der Waals surface area (Å²) in [6, 6.07) is 4.61. The van der Waals surface area contributed by atoms with E-state index in [4.69, 9.17) is 23.2 Å². The van der Waals surface area contributed by atoms with Crippen LogP contribution in [-0.4, -0.2) is 37.0 Å². The number of halogens is 2. The Labute approximate surface area is 135 Å². The molecule has 0 fully saturated rings. The molecule has 0 aliphatic heterocycles. The second kappa shape index (κ2) is 6.52. The molecular formula is C13H18Cl2N2O3S. The number of carbonyl (C=O) groups is 1. The number of nitrogens with zero attached hydrogens (tertiary/aromatic N) is 1. The van der Waals surface area contributed by atoms with E-state index in [1.165, 1.54) is 18.2 Å². The van der Waals surface area contributed by atoms with Gasteiger partial charge in [-0.1, -0.05) is 23.2 Å². The van der Waals surface area contributed by atoms with E-state index in [1.54, 1.807) is 20.8 Å². The van der Waals surface area contributed by atoms with Crippen molar-refractivity contribution in [3.63, 3.8) is 0 Å². The van der Waals surface area contributed by atoms with Crippen molar-refractivity contribution in [1.29, 1.82) is 0 Å². The molecule has 0 bridgehead atoms. The topological polar surface area (TPSA) is 66.5 Å². The third kappa shape index (κ3) is 5.82. The molecule has 1 amide bonds. The van der Waals surface area contributed by atoms with Gasteiger partial charge in [0.05, 0.1) is 12.8 Å². The molecular weight excluding hydrogens is 335 g/mol. The van der Waals surface area contributed by atoms with Crippen molar-refractivity contribution >= 4 is 44.8 Å². The highest BCUT2D eigenvalue weighted by Gasteiger charge is 2.31. The Balaban J connectivity index is 2.89. The lowest BCUT2D eigenvalue weighted by molar-refractivity contribution is -0.117. The number of rotatable bonds is 4. The van der Waals surface area contributed by atoms with Crippen molar-refractivity contribution in [3.05, 3.63) is 28.2 Å². The second-order valence-corrected chi connectivity index (χ2v) is 8.43. The number of hydrogen-bond acceptors (Lipinski definition) is 3. The van der Waals surface area contributed by atoms with Crippen LogP contribution in [0.3, 0.4) is 0 Å². The molecule has 118 valence electrons.